The molecule has 0 radical (unpaired) electrons. The first-order chi connectivity index (χ1) is 9.63. The molecule has 0 saturated carbocycles. The zero-order chi connectivity index (χ0) is 17.7. The van der Waals surface area contributed by atoms with Crippen LogP contribution in [0.25, 0.3) is 0 Å². The van der Waals surface area contributed by atoms with Crippen molar-refractivity contribution >= 4 is 11.9 Å². The van der Waals surface area contributed by atoms with Crippen LogP contribution in [-0.2, 0) is 4.79 Å². The van der Waals surface area contributed by atoms with Gasteiger partial charge in [-0.25, -0.2) is 9.18 Å². The van der Waals surface area contributed by atoms with E-state index in [0.29, 0.717) is 0 Å². The van der Waals surface area contributed by atoms with Gasteiger partial charge in [0.15, 0.2) is 0 Å². The van der Waals surface area contributed by atoms with Gasteiger partial charge in [0.25, 0.3) is 11.6 Å². The van der Waals surface area contributed by atoms with E-state index in [1.807, 2.05) is 0 Å². The van der Waals surface area contributed by atoms with Crippen LogP contribution in [0.2, 0.25) is 0 Å². The summed E-state index contributed by atoms with van der Waals surface area (Å²) in [5.74, 6) is -20.1. The van der Waals surface area contributed by atoms with E-state index in [0.717, 1.165) is 13.8 Å². The van der Waals surface area contributed by atoms with Crippen molar-refractivity contribution in [3.63, 3.8) is 0 Å². The number of amides is 3. The minimum atomic E-state index is -6.18. The van der Waals surface area contributed by atoms with E-state index in [9.17, 15) is 40.3 Å². The number of halogens is 7. The number of urea groups is 1. The van der Waals surface area contributed by atoms with E-state index in [-0.39, 0.29) is 4.90 Å². The molecule has 3 amide bonds. The molecule has 1 unspecified atom stereocenters. The normalized spacial score (nSPS) is 28.5. The van der Waals surface area contributed by atoms with Crippen LogP contribution < -0.4 is 5.73 Å². The van der Waals surface area contributed by atoms with Crippen molar-refractivity contribution < 1.29 is 40.3 Å². The summed E-state index contributed by atoms with van der Waals surface area (Å²) in [6.07, 6.45) is -1.51. The predicted molar refractivity (Wildman–Crippen MR) is 59.4 cm³/mol. The number of hydrogen-bond donors (Lipinski definition) is 1. The lowest BCUT2D eigenvalue weighted by Crippen LogP contribution is -2.70. The smallest absolute Gasteiger partial charge is 0.351 e. The molecule has 4 nitrogen and oxygen atoms in total. The third-order valence-electron chi connectivity index (χ3n) is 3.08. The van der Waals surface area contributed by atoms with E-state index in [2.05, 4.69) is 0 Å². The first kappa shape index (κ1) is 18.2. The number of carbonyl (C=O) groups is 2. The number of hydrogen-bond acceptors (Lipinski definition) is 2. The summed E-state index contributed by atoms with van der Waals surface area (Å²) in [5, 5.41) is 0. The van der Waals surface area contributed by atoms with Crippen LogP contribution in [-0.4, -0.2) is 46.3 Å². The topological polar surface area (TPSA) is 63.4 Å². The molecule has 0 fully saturated rings. The molecular weight excluding hydrogens is 325 g/mol. The van der Waals surface area contributed by atoms with Gasteiger partial charge in [-0.2, -0.15) is 26.3 Å². The Labute approximate surface area is 119 Å². The van der Waals surface area contributed by atoms with E-state index in [1.165, 1.54) is 0 Å². The van der Waals surface area contributed by atoms with Crippen molar-refractivity contribution in [2.45, 2.75) is 43.3 Å². The minimum Gasteiger partial charge on any atom is -0.351 e. The maximum absolute atomic E-state index is 14.3. The second kappa shape index (κ2) is 4.85. The molecular formula is C11H11F7N2O2. The molecule has 0 spiro atoms. The van der Waals surface area contributed by atoms with Crippen molar-refractivity contribution in [2.24, 2.45) is 5.73 Å². The zero-order valence-corrected chi connectivity index (χ0v) is 11.2. The Balaban J connectivity index is 3.51. The van der Waals surface area contributed by atoms with Gasteiger partial charge in [-0.1, -0.05) is 0 Å². The number of alkyl halides is 7. The highest BCUT2D eigenvalue weighted by atomic mass is 19.3. The molecule has 0 bridgehead atoms. The van der Waals surface area contributed by atoms with Crippen LogP contribution in [0.5, 0.6) is 0 Å². The summed E-state index contributed by atoms with van der Waals surface area (Å²) >= 11 is 0. The van der Waals surface area contributed by atoms with E-state index in [4.69, 9.17) is 5.73 Å². The second-order valence-electron chi connectivity index (χ2n) is 4.92. The summed E-state index contributed by atoms with van der Waals surface area (Å²) in [6, 6.07) is -2.96. The molecule has 22 heavy (non-hydrogen) atoms. The summed E-state index contributed by atoms with van der Waals surface area (Å²) in [6.45, 7) is 2.12. The van der Waals surface area contributed by atoms with Crippen molar-refractivity contribution in [2.75, 3.05) is 0 Å². The molecule has 1 rings (SSSR count). The molecule has 0 aromatic rings. The molecule has 0 aromatic heterocycles. The molecule has 1 aliphatic carbocycles. The Hall–Kier alpha value is -1.81. The third-order valence-corrected chi connectivity index (χ3v) is 3.08. The Bertz CT molecular complexity index is 533. The molecule has 0 aliphatic heterocycles. The molecule has 0 aromatic carbocycles. The second-order valence-corrected chi connectivity index (χ2v) is 4.92. The minimum absolute atomic E-state index is 0.252. The lowest BCUT2D eigenvalue weighted by molar-refractivity contribution is -0.326. The van der Waals surface area contributed by atoms with E-state index in [1.54, 1.807) is 0 Å². The third kappa shape index (κ3) is 2.13. The van der Waals surface area contributed by atoms with Crippen LogP contribution in [0.1, 0.15) is 13.8 Å². The summed E-state index contributed by atoms with van der Waals surface area (Å²) < 4.78 is 93.7. The zero-order valence-electron chi connectivity index (χ0n) is 11.2. The average Bonchev–Trinajstić information content (AvgIpc) is 2.32. The van der Waals surface area contributed by atoms with Gasteiger partial charge in [-0.3, -0.25) is 9.69 Å². The van der Waals surface area contributed by atoms with Crippen molar-refractivity contribution in [3.05, 3.63) is 12.2 Å². The summed E-state index contributed by atoms with van der Waals surface area (Å²) in [5.41, 5.74) is -0.141. The van der Waals surface area contributed by atoms with E-state index < -0.39 is 53.6 Å². The molecule has 1 aliphatic rings. The number of nitrogens with two attached hydrogens (primary N) is 1. The number of imide groups is 1. The maximum atomic E-state index is 14.3. The molecule has 2 N–H and O–H groups in total. The number of primary amides is 1. The van der Waals surface area contributed by atoms with Crippen LogP contribution in [0.15, 0.2) is 12.2 Å². The Kier molecular flexibility index (Phi) is 4.02. The molecule has 1 atom stereocenters. The lowest BCUT2D eigenvalue weighted by Gasteiger charge is -2.42. The SMILES string of the molecule is CC(C)N(C(N)=O)C(=O)C1(F)C=CC(F)(F)C(F)(F)C1(F)F. The number of rotatable bonds is 2. The highest BCUT2D eigenvalue weighted by Crippen LogP contribution is 2.56. The number of allylic oxidation sites excluding steroid dienone is 1. The number of nitrogens with zero attached hydrogens (tertiary/aromatic N) is 1. The van der Waals surface area contributed by atoms with Crippen LogP contribution in [0, 0.1) is 0 Å². The van der Waals surface area contributed by atoms with Gasteiger partial charge in [0, 0.05) is 6.04 Å². The van der Waals surface area contributed by atoms with Crippen molar-refractivity contribution in [3.8, 4) is 0 Å². The Morgan fingerprint density at radius 1 is 0.955 bits per heavy atom. The lowest BCUT2D eigenvalue weighted by atomic mass is 9.82. The monoisotopic (exact) mass is 336 g/mol. The summed E-state index contributed by atoms with van der Waals surface area (Å²) in [4.78, 5) is 22.5. The van der Waals surface area contributed by atoms with Gasteiger partial charge in [-0.05, 0) is 26.0 Å². The molecule has 11 heteroatoms. The van der Waals surface area contributed by atoms with Gasteiger partial charge in [0.05, 0.1) is 0 Å². The molecule has 126 valence electrons. The first-order valence-corrected chi connectivity index (χ1v) is 5.79. The van der Waals surface area contributed by atoms with Crippen LogP contribution in [0.3, 0.4) is 0 Å². The Morgan fingerprint density at radius 2 is 1.41 bits per heavy atom. The van der Waals surface area contributed by atoms with Gasteiger partial charge in [0.2, 0.25) is 0 Å². The van der Waals surface area contributed by atoms with E-state index >= 15 is 0 Å². The largest absolute Gasteiger partial charge is 0.379 e. The highest BCUT2D eigenvalue weighted by Gasteiger charge is 2.83. The standard InChI is InChI=1S/C11H11F7N2O2/c1-5(2)20(7(19)22)6(21)8(12)3-4-9(13,14)11(17,18)10(8,15)16/h3-5H,1-2H3,(H2,19,22). The van der Waals surface area contributed by atoms with Crippen molar-refractivity contribution in [1.29, 1.82) is 0 Å². The van der Waals surface area contributed by atoms with Gasteiger partial charge >= 0.3 is 23.8 Å². The maximum Gasteiger partial charge on any atom is 0.379 e. The first-order valence-electron chi connectivity index (χ1n) is 5.79. The van der Waals surface area contributed by atoms with Gasteiger partial charge in [0.1, 0.15) is 0 Å². The quantitative estimate of drug-likeness (QED) is 0.622. The summed E-state index contributed by atoms with van der Waals surface area (Å²) in [7, 11) is 0. The fourth-order valence-electron chi connectivity index (χ4n) is 1.84. The van der Waals surface area contributed by atoms with Crippen LogP contribution in [0.4, 0.5) is 35.5 Å². The number of carbonyl (C=O) groups excluding carboxylic acids is 2. The fraction of sp³-hybridized carbons (Fsp3) is 0.636. The molecule has 0 saturated heterocycles. The predicted octanol–water partition coefficient (Wildman–Crippen LogP) is 2.49. The van der Waals surface area contributed by atoms with Crippen LogP contribution >= 0.6 is 0 Å². The van der Waals surface area contributed by atoms with Gasteiger partial charge < -0.3 is 5.73 Å². The van der Waals surface area contributed by atoms with Crippen molar-refractivity contribution in [1.82, 2.24) is 4.90 Å². The Morgan fingerprint density at radius 3 is 1.77 bits per heavy atom. The average molecular weight is 336 g/mol. The highest BCUT2D eigenvalue weighted by molar-refractivity contribution is 6.00. The molecule has 0 heterocycles. The fourth-order valence-corrected chi connectivity index (χ4v) is 1.84. The van der Waals surface area contributed by atoms with Gasteiger partial charge in [-0.15, -0.1) is 0 Å².